The van der Waals surface area contributed by atoms with Crippen molar-refractivity contribution in [1.29, 1.82) is 5.26 Å². The molecule has 26 heavy (non-hydrogen) atoms. The highest BCUT2D eigenvalue weighted by Gasteiger charge is 2.17. The lowest BCUT2D eigenvalue weighted by Crippen LogP contribution is -2.15. The first kappa shape index (κ1) is 16.4. The lowest BCUT2D eigenvalue weighted by Gasteiger charge is -2.18. The highest BCUT2D eigenvalue weighted by atomic mass is 32.2. The molecule has 0 fully saturated rings. The zero-order valence-corrected chi connectivity index (χ0v) is 14.5. The van der Waals surface area contributed by atoms with Crippen molar-refractivity contribution in [2.24, 2.45) is 0 Å². The number of carbonyl (C=O) groups excluding carboxylic acids is 1. The van der Waals surface area contributed by atoms with Crippen molar-refractivity contribution in [2.45, 2.75) is 4.90 Å². The first-order chi connectivity index (χ1) is 12.7. The molecule has 6 nitrogen and oxygen atoms in total. The Bertz CT molecular complexity index is 1020. The highest BCUT2D eigenvalue weighted by molar-refractivity contribution is 8.00. The fourth-order valence-corrected chi connectivity index (χ4v) is 3.41. The van der Waals surface area contributed by atoms with Gasteiger partial charge in [0.05, 0.1) is 5.75 Å². The maximum atomic E-state index is 12.3. The molecule has 0 saturated carbocycles. The number of nitrogens with zero attached hydrogens (tertiary/aromatic N) is 1. The normalized spacial score (nSPS) is 12.6. The van der Waals surface area contributed by atoms with Crippen LogP contribution in [0.1, 0.15) is 5.76 Å². The number of furan rings is 1. The van der Waals surface area contributed by atoms with Crippen molar-refractivity contribution in [1.82, 2.24) is 0 Å². The molecule has 1 amide bonds. The van der Waals surface area contributed by atoms with E-state index in [1.165, 1.54) is 11.8 Å². The molecule has 0 aliphatic carbocycles. The van der Waals surface area contributed by atoms with E-state index in [1.807, 2.05) is 42.5 Å². The van der Waals surface area contributed by atoms with Gasteiger partial charge in [0.15, 0.2) is 11.5 Å². The van der Waals surface area contributed by atoms with Gasteiger partial charge in [-0.3, -0.25) is 4.79 Å². The SMILES string of the molecule is N#Cc1oc2ccccc2c1NC(=O)CSc1ccc2c(c1)OCCO2. The van der Waals surface area contributed by atoms with Crippen molar-refractivity contribution in [3.05, 3.63) is 48.2 Å². The van der Waals surface area contributed by atoms with Gasteiger partial charge in [0.25, 0.3) is 0 Å². The number of nitrogens with one attached hydrogen (secondary N) is 1. The first-order valence-electron chi connectivity index (χ1n) is 7.98. The molecule has 130 valence electrons. The Hall–Kier alpha value is -3.11. The quantitative estimate of drug-likeness (QED) is 0.707. The van der Waals surface area contributed by atoms with Gasteiger partial charge < -0.3 is 19.2 Å². The van der Waals surface area contributed by atoms with E-state index in [0.29, 0.717) is 41.4 Å². The van der Waals surface area contributed by atoms with Gasteiger partial charge >= 0.3 is 0 Å². The summed E-state index contributed by atoms with van der Waals surface area (Å²) < 4.78 is 16.5. The van der Waals surface area contributed by atoms with Gasteiger partial charge in [0.2, 0.25) is 11.7 Å². The Labute approximate surface area is 153 Å². The summed E-state index contributed by atoms with van der Waals surface area (Å²) in [6.07, 6.45) is 0. The minimum atomic E-state index is -0.215. The number of anilines is 1. The molecule has 1 aromatic heterocycles. The molecule has 0 spiro atoms. The zero-order valence-electron chi connectivity index (χ0n) is 13.7. The molecule has 3 aromatic rings. The Morgan fingerprint density at radius 2 is 1.96 bits per heavy atom. The molecule has 2 aromatic carbocycles. The third-order valence-electron chi connectivity index (χ3n) is 3.85. The molecular weight excluding hydrogens is 352 g/mol. The molecule has 0 unspecified atom stereocenters. The number of amides is 1. The van der Waals surface area contributed by atoms with Crippen LogP contribution in [-0.4, -0.2) is 24.9 Å². The number of hydrogen-bond donors (Lipinski definition) is 1. The third kappa shape index (κ3) is 3.19. The number of benzene rings is 2. The van der Waals surface area contributed by atoms with E-state index in [0.717, 1.165) is 4.90 Å². The molecule has 0 bridgehead atoms. The lowest BCUT2D eigenvalue weighted by molar-refractivity contribution is -0.113. The van der Waals surface area contributed by atoms with Gasteiger partial charge in [-0.1, -0.05) is 12.1 Å². The van der Waals surface area contributed by atoms with E-state index in [4.69, 9.17) is 13.9 Å². The highest BCUT2D eigenvalue weighted by Crippen LogP contribution is 2.34. The van der Waals surface area contributed by atoms with Gasteiger partial charge in [-0.2, -0.15) is 5.26 Å². The van der Waals surface area contributed by atoms with E-state index in [2.05, 4.69) is 5.32 Å². The second kappa shape index (κ2) is 7.02. The summed E-state index contributed by atoms with van der Waals surface area (Å²) in [7, 11) is 0. The van der Waals surface area contributed by atoms with Crippen LogP contribution in [0.2, 0.25) is 0 Å². The first-order valence-corrected chi connectivity index (χ1v) is 8.97. The summed E-state index contributed by atoms with van der Waals surface area (Å²) in [5.41, 5.74) is 0.981. The molecule has 1 aliphatic rings. The maximum absolute atomic E-state index is 12.3. The summed E-state index contributed by atoms with van der Waals surface area (Å²) in [5.74, 6) is 1.49. The van der Waals surface area contributed by atoms with E-state index in [1.54, 1.807) is 6.07 Å². The third-order valence-corrected chi connectivity index (χ3v) is 4.84. The average Bonchev–Trinajstić information content (AvgIpc) is 3.04. The number of carbonyl (C=O) groups is 1. The van der Waals surface area contributed by atoms with Gasteiger partial charge in [0, 0.05) is 10.3 Å². The van der Waals surface area contributed by atoms with E-state index >= 15 is 0 Å². The second-order valence-corrected chi connectivity index (χ2v) is 6.61. The Balaban J connectivity index is 1.46. The van der Waals surface area contributed by atoms with Crippen molar-refractivity contribution < 1.29 is 18.7 Å². The number of nitriles is 1. The minimum absolute atomic E-state index is 0.101. The average molecular weight is 366 g/mol. The number of para-hydroxylation sites is 1. The van der Waals surface area contributed by atoms with Gasteiger partial charge in [-0.15, -0.1) is 11.8 Å². The van der Waals surface area contributed by atoms with Crippen LogP contribution in [0.25, 0.3) is 11.0 Å². The van der Waals surface area contributed by atoms with Crippen LogP contribution in [0.15, 0.2) is 51.8 Å². The number of ether oxygens (including phenoxy) is 2. The van der Waals surface area contributed by atoms with Gasteiger partial charge in [0.1, 0.15) is 30.6 Å². The van der Waals surface area contributed by atoms with Crippen LogP contribution in [0.3, 0.4) is 0 Å². The van der Waals surface area contributed by atoms with Crippen molar-refractivity contribution >= 4 is 34.3 Å². The summed E-state index contributed by atoms with van der Waals surface area (Å²) in [6.45, 7) is 1.06. The van der Waals surface area contributed by atoms with Crippen molar-refractivity contribution in [2.75, 3.05) is 24.3 Å². The van der Waals surface area contributed by atoms with Gasteiger partial charge in [-0.05, 0) is 30.3 Å². The number of fused-ring (bicyclic) bond motifs is 2. The molecule has 4 rings (SSSR count). The molecule has 0 radical (unpaired) electrons. The van der Waals surface area contributed by atoms with Crippen molar-refractivity contribution in [3.63, 3.8) is 0 Å². The van der Waals surface area contributed by atoms with Crippen LogP contribution in [-0.2, 0) is 4.79 Å². The van der Waals surface area contributed by atoms with Crippen LogP contribution in [0.5, 0.6) is 11.5 Å². The molecule has 0 saturated heterocycles. The molecular formula is C19H14N2O4S. The summed E-state index contributed by atoms with van der Waals surface area (Å²) in [5, 5.41) is 12.7. The van der Waals surface area contributed by atoms with E-state index in [-0.39, 0.29) is 17.4 Å². The van der Waals surface area contributed by atoms with Crippen LogP contribution in [0, 0.1) is 11.3 Å². The standard InChI is InChI=1S/C19H14N2O4S/c20-10-17-19(13-3-1-2-4-14(13)25-17)21-18(22)11-26-12-5-6-15-16(9-12)24-8-7-23-15/h1-6,9H,7-8,11H2,(H,21,22). The fraction of sp³-hybridized carbons (Fsp3) is 0.158. The Kier molecular flexibility index (Phi) is 4.42. The smallest absolute Gasteiger partial charge is 0.234 e. The Morgan fingerprint density at radius 1 is 1.15 bits per heavy atom. The topological polar surface area (TPSA) is 84.5 Å². The van der Waals surface area contributed by atoms with E-state index < -0.39 is 0 Å². The predicted octanol–water partition coefficient (Wildman–Crippen LogP) is 3.81. The molecule has 1 aliphatic heterocycles. The minimum Gasteiger partial charge on any atom is -0.486 e. The molecule has 1 N–H and O–H groups in total. The largest absolute Gasteiger partial charge is 0.486 e. The summed E-state index contributed by atoms with van der Waals surface area (Å²) >= 11 is 1.38. The van der Waals surface area contributed by atoms with Gasteiger partial charge in [-0.25, -0.2) is 0 Å². The van der Waals surface area contributed by atoms with Crippen LogP contribution < -0.4 is 14.8 Å². The number of rotatable bonds is 4. The van der Waals surface area contributed by atoms with E-state index in [9.17, 15) is 10.1 Å². The fourth-order valence-electron chi connectivity index (χ4n) is 2.69. The number of thioether (sulfide) groups is 1. The molecule has 0 atom stereocenters. The van der Waals surface area contributed by atoms with Crippen LogP contribution >= 0.6 is 11.8 Å². The summed E-state index contributed by atoms with van der Waals surface area (Å²) in [6, 6.07) is 14.8. The monoisotopic (exact) mass is 366 g/mol. The number of hydrogen-bond acceptors (Lipinski definition) is 6. The maximum Gasteiger partial charge on any atom is 0.234 e. The lowest BCUT2D eigenvalue weighted by atomic mass is 10.2. The van der Waals surface area contributed by atoms with Crippen molar-refractivity contribution in [3.8, 4) is 17.6 Å². The summed E-state index contributed by atoms with van der Waals surface area (Å²) in [4.78, 5) is 13.2. The Morgan fingerprint density at radius 3 is 2.81 bits per heavy atom. The van der Waals surface area contributed by atoms with Crippen LogP contribution in [0.4, 0.5) is 5.69 Å². The zero-order chi connectivity index (χ0) is 17.9. The molecule has 2 heterocycles. The second-order valence-electron chi connectivity index (χ2n) is 5.56. The predicted molar refractivity (Wildman–Crippen MR) is 97.7 cm³/mol. The molecule has 7 heteroatoms.